The van der Waals surface area contributed by atoms with Crippen molar-refractivity contribution in [2.75, 3.05) is 13.1 Å². The van der Waals surface area contributed by atoms with Crippen LogP contribution in [-0.4, -0.2) is 23.9 Å². The molecule has 0 heterocycles. The Morgan fingerprint density at radius 2 is 1.81 bits per heavy atom. The van der Waals surface area contributed by atoms with Crippen LogP contribution in [0.4, 0.5) is 0 Å². The fourth-order valence-corrected chi connectivity index (χ4v) is 1.35. The molecule has 0 saturated carbocycles. The monoisotopic (exact) mass is 213 g/mol. The standard InChI is InChI=1S/C12H11N3O/c1-10-4-2-3-5-11(10)12(16)15(8-6-13)9-7-14/h2-5H,8-9H2,1H3. The number of aryl methyl sites for hydroxylation is 1. The summed E-state index contributed by atoms with van der Waals surface area (Å²) in [5.74, 6) is -0.277. The molecule has 1 amide bonds. The normalized spacial score (nSPS) is 8.94. The lowest BCUT2D eigenvalue weighted by molar-refractivity contribution is 0.0794. The molecule has 0 N–H and O–H groups in total. The minimum Gasteiger partial charge on any atom is -0.312 e. The van der Waals surface area contributed by atoms with Crippen molar-refractivity contribution in [2.24, 2.45) is 0 Å². The molecule has 1 aromatic carbocycles. The Kier molecular flexibility index (Phi) is 4.06. The van der Waals surface area contributed by atoms with Gasteiger partial charge in [0.25, 0.3) is 5.91 Å². The first-order valence-electron chi connectivity index (χ1n) is 4.79. The summed E-state index contributed by atoms with van der Waals surface area (Å²) in [6.45, 7) is 1.69. The summed E-state index contributed by atoms with van der Waals surface area (Å²) in [6.07, 6.45) is 0. The number of amides is 1. The molecule has 1 aromatic rings. The van der Waals surface area contributed by atoms with E-state index >= 15 is 0 Å². The Hall–Kier alpha value is -2.33. The van der Waals surface area contributed by atoms with Crippen LogP contribution in [0.1, 0.15) is 15.9 Å². The van der Waals surface area contributed by atoms with Crippen molar-refractivity contribution in [1.82, 2.24) is 4.90 Å². The van der Waals surface area contributed by atoms with Crippen molar-refractivity contribution in [3.8, 4) is 12.1 Å². The van der Waals surface area contributed by atoms with Crippen LogP contribution < -0.4 is 0 Å². The molecule has 0 bridgehead atoms. The van der Waals surface area contributed by atoms with Crippen molar-refractivity contribution in [2.45, 2.75) is 6.92 Å². The zero-order valence-corrected chi connectivity index (χ0v) is 8.97. The van der Waals surface area contributed by atoms with Gasteiger partial charge >= 0.3 is 0 Å². The largest absolute Gasteiger partial charge is 0.312 e. The third-order valence-corrected chi connectivity index (χ3v) is 2.19. The molecule has 4 nitrogen and oxygen atoms in total. The quantitative estimate of drug-likeness (QED) is 0.714. The summed E-state index contributed by atoms with van der Waals surface area (Å²) in [6, 6.07) is 10.9. The molecule has 0 aromatic heterocycles. The number of nitrogens with zero attached hydrogens (tertiary/aromatic N) is 3. The van der Waals surface area contributed by atoms with Gasteiger partial charge in [-0.3, -0.25) is 4.79 Å². The molecule has 0 saturated heterocycles. The minimum atomic E-state index is -0.277. The van der Waals surface area contributed by atoms with Gasteiger partial charge in [-0.1, -0.05) is 18.2 Å². The van der Waals surface area contributed by atoms with E-state index in [9.17, 15) is 4.79 Å². The average molecular weight is 213 g/mol. The molecular formula is C12H11N3O. The maximum atomic E-state index is 12.0. The fourth-order valence-electron chi connectivity index (χ4n) is 1.35. The van der Waals surface area contributed by atoms with Crippen LogP contribution in [0.25, 0.3) is 0 Å². The van der Waals surface area contributed by atoms with Gasteiger partial charge in [-0.25, -0.2) is 0 Å². The SMILES string of the molecule is Cc1ccccc1C(=O)N(CC#N)CC#N. The second-order valence-corrected chi connectivity index (χ2v) is 3.29. The Balaban J connectivity index is 2.96. The molecule has 0 spiro atoms. The lowest BCUT2D eigenvalue weighted by Gasteiger charge is -2.16. The average Bonchev–Trinajstić information content (AvgIpc) is 2.28. The second-order valence-electron chi connectivity index (χ2n) is 3.29. The Bertz CT molecular complexity index is 452. The second kappa shape index (κ2) is 5.53. The summed E-state index contributed by atoms with van der Waals surface area (Å²) >= 11 is 0. The third kappa shape index (κ3) is 2.59. The lowest BCUT2D eigenvalue weighted by Crippen LogP contribution is -2.32. The van der Waals surface area contributed by atoms with Crippen LogP contribution in [0.2, 0.25) is 0 Å². The highest BCUT2D eigenvalue weighted by atomic mass is 16.2. The summed E-state index contributed by atoms with van der Waals surface area (Å²) in [4.78, 5) is 13.2. The molecule has 0 radical (unpaired) electrons. The van der Waals surface area contributed by atoms with E-state index in [1.54, 1.807) is 12.1 Å². The first kappa shape index (κ1) is 11.7. The van der Waals surface area contributed by atoms with Gasteiger partial charge in [0.1, 0.15) is 13.1 Å². The van der Waals surface area contributed by atoms with Crippen molar-refractivity contribution in [3.05, 3.63) is 35.4 Å². The lowest BCUT2D eigenvalue weighted by atomic mass is 10.1. The number of carbonyl (C=O) groups excluding carboxylic acids is 1. The molecule has 0 aliphatic heterocycles. The molecule has 80 valence electrons. The molecule has 0 unspecified atom stereocenters. The fraction of sp³-hybridized carbons (Fsp3) is 0.250. The summed E-state index contributed by atoms with van der Waals surface area (Å²) in [5.41, 5.74) is 1.38. The highest BCUT2D eigenvalue weighted by molar-refractivity contribution is 5.95. The van der Waals surface area contributed by atoms with Gasteiger partial charge in [0.05, 0.1) is 12.1 Å². The van der Waals surface area contributed by atoms with Crippen LogP contribution in [0.15, 0.2) is 24.3 Å². The van der Waals surface area contributed by atoms with E-state index in [2.05, 4.69) is 0 Å². The first-order chi connectivity index (χ1) is 7.70. The predicted octanol–water partition coefficient (Wildman–Crippen LogP) is 1.48. The van der Waals surface area contributed by atoms with E-state index in [-0.39, 0.29) is 19.0 Å². The molecule has 4 heteroatoms. The topological polar surface area (TPSA) is 67.9 Å². The van der Waals surface area contributed by atoms with Crippen molar-refractivity contribution in [3.63, 3.8) is 0 Å². The van der Waals surface area contributed by atoms with Crippen molar-refractivity contribution < 1.29 is 4.79 Å². The van der Waals surface area contributed by atoms with E-state index in [0.717, 1.165) is 5.56 Å². The van der Waals surface area contributed by atoms with Gasteiger partial charge in [0.15, 0.2) is 0 Å². The molecule has 16 heavy (non-hydrogen) atoms. The van der Waals surface area contributed by atoms with Gasteiger partial charge in [-0.2, -0.15) is 10.5 Å². The minimum absolute atomic E-state index is 0.0687. The highest BCUT2D eigenvalue weighted by Crippen LogP contribution is 2.10. The molecular weight excluding hydrogens is 202 g/mol. The van der Waals surface area contributed by atoms with E-state index < -0.39 is 0 Å². The van der Waals surface area contributed by atoms with Crippen LogP contribution in [-0.2, 0) is 0 Å². The highest BCUT2D eigenvalue weighted by Gasteiger charge is 2.16. The third-order valence-electron chi connectivity index (χ3n) is 2.19. The van der Waals surface area contributed by atoms with E-state index in [1.165, 1.54) is 4.90 Å². The van der Waals surface area contributed by atoms with Gasteiger partial charge in [0.2, 0.25) is 0 Å². The maximum Gasteiger partial charge on any atom is 0.255 e. The zero-order valence-electron chi connectivity index (χ0n) is 8.97. The molecule has 1 rings (SSSR count). The Morgan fingerprint density at radius 3 is 2.31 bits per heavy atom. The summed E-state index contributed by atoms with van der Waals surface area (Å²) < 4.78 is 0. The van der Waals surface area contributed by atoms with Gasteiger partial charge in [0, 0.05) is 5.56 Å². The zero-order chi connectivity index (χ0) is 12.0. The number of benzene rings is 1. The summed E-state index contributed by atoms with van der Waals surface area (Å²) in [7, 11) is 0. The van der Waals surface area contributed by atoms with Gasteiger partial charge in [-0.05, 0) is 18.6 Å². The number of nitriles is 2. The number of hydrogen-bond donors (Lipinski definition) is 0. The van der Waals surface area contributed by atoms with Crippen molar-refractivity contribution in [1.29, 1.82) is 10.5 Å². The van der Waals surface area contributed by atoms with E-state index in [4.69, 9.17) is 10.5 Å². The van der Waals surface area contributed by atoms with E-state index in [0.29, 0.717) is 5.56 Å². The van der Waals surface area contributed by atoms with Crippen LogP contribution in [0.3, 0.4) is 0 Å². The molecule has 0 aliphatic rings. The maximum absolute atomic E-state index is 12.0. The van der Waals surface area contributed by atoms with Crippen molar-refractivity contribution >= 4 is 5.91 Å². The van der Waals surface area contributed by atoms with Gasteiger partial charge < -0.3 is 4.90 Å². The predicted molar refractivity (Wildman–Crippen MR) is 58.3 cm³/mol. The van der Waals surface area contributed by atoms with E-state index in [1.807, 2.05) is 31.2 Å². The molecule has 0 aliphatic carbocycles. The number of rotatable bonds is 3. The number of hydrogen-bond acceptors (Lipinski definition) is 3. The van der Waals surface area contributed by atoms with Crippen LogP contribution >= 0.6 is 0 Å². The summed E-state index contributed by atoms with van der Waals surface area (Å²) in [5, 5.41) is 17.2. The Labute approximate surface area is 94.3 Å². The Morgan fingerprint density at radius 1 is 1.25 bits per heavy atom. The van der Waals surface area contributed by atoms with Crippen LogP contribution in [0.5, 0.6) is 0 Å². The number of carbonyl (C=O) groups is 1. The molecule has 0 atom stereocenters. The first-order valence-corrected chi connectivity index (χ1v) is 4.79. The van der Waals surface area contributed by atoms with Crippen LogP contribution in [0, 0.1) is 29.6 Å². The molecule has 0 fully saturated rings. The smallest absolute Gasteiger partial charge is 0.255 e. The van der Waals surface area contributed by atoms with Gasteiger partial charge in [-0.15, -0.1) is 0 Å².